The molecule has 1 fully saturated rings. The van der Waals surface area contributed by atoms with E-state index in [2.05, 4.69) is 69.4 Å². The van der Waals surface area contributed by atoms with Gasteiger partial charge in [0.2, 0.25) is 5.88 Å². The van der Waals surface area contributed by atoms with Crippen LogP contribution in [0.25, 0.3) is 12.2 Å². The van der Waals surface area contributed by atoms with Gasteiger partial charge in [0, 0.05) is 54.9 Å². The first-order valence-corrected chi connectivity index (χ1v) is 13.5. The number of anilines is 3. The van der Waals surface area contributed by atoms with Crippen LogP contribution in [0.4, 0.5) is 17.2 Å². The van der Waals surface area contributed by atoms with Crippen molar-refractivity contribution in [1.29, 1.82) is 0 Å². The lowest BCUT2D eigenvalue weighted by Gasteiger charge is -2.35. The summed E-state index contributed by atoms with van der Waals surface area (Å²) in [4.78, 5) is 25.2. The Bertz CT molecular complexity index is 1450. The number of ether oxygens (including phenoxy) is 2. The maximum Gasteiger partial charge on any atom is 0.336 e. The van der Waals surface area contributed by atoms with Gasteiger partial charge >= 0.3 is 5.63 Å². The zero-order valence-corrected chi connectivity index (χ0v) is 23.1. The minimum Gasteiger partial charge on any atom is -0.471 e. The highest BCUT2D eigenvalue weighted by molar-refractivity contribution is 5.61. The number of piperazine rings is 1. The minimum atomic E-state index is -0.622. The van der Waals surface area contributed by atoms with Gasteiger partial charge in [-0.1, -0.05) is 13.0 Å². The highest BCUT2D eigenvalue weighted by atomic mass is 16.6. The molecule has 9 heteroatoms. The molecule has 2 aliphatic rings. The largest absolute Gasteiger partial charge is 0.471 e. The molecule has 0 bridgehead atoms. The number of benzene rings is 1. The summed E-state index contributed by atoms with van der Waals surface area (Å²) in [6.45, 7) is 10.6. The quantitative estimate of drug-likeness (QED) is 0.534. The predicted molar refractivity (Wildman–Crippen MR) is 153 cm³/mol. The molecule has 2 unspecified atom stereocenters. The first-order valence-electron chi connectivity index (χ1n) is 13.5. The van der Waals surface area contributed by atoms with Gasteiger partial charge in [0.1, 0.15) is 23.7 Å². The van der Waals surface area contributed by atoms with Crippen LogP contribution in [0.2, 0.25) is 0 Å². The summed E-state index contributed by atoms with van der Waals surface area (Å²) in [6.07, 6.45) is 5.81. The molecule has 1 aromatic carbocycles. The summed E-state index contributed by atoms with van der Waals surface area (Å²) in [7, 11) is 2.16. The van der Waals surface area contributed by atoms with Gasteiger partial charge in [-0.3, -0.25) is 0 Å². The van der Waals surface area contributed by atoms with Gasteiger partial charge in [0.05, 0.1) is 12.2 Å². The first-order chi connectivity index (χ1) is 18.7. The van der Waals surface area contributed by atoms with Crippen molar-refractivity contribution in [3.05, 3.63) is 69.8 Å². The Hall–Kier alpha value is -3.69. The van der Waals surface area contributed by atoms with Crippen LogP contribution >= 0.6 is 0 Å². The SMILES string of the molecule is CC1/C=c2/ccc(=O)o/c2=C/COC(C)(C)C(Oc2cc(Nc3ccc(N4CCN(C)CC4)cc3)ncn2)C1. The van der Waals surface area contributed by atoms with Crippen LogP contribution in [0.1, 0.15) is 27.2 Å². The molecule has 0 aliphatic carbocycles. The van der Waals surface area contributed by atoms with E-state index in [4.69, 9.17) is 13.9 Å². The van der Waals surface area contributed by atoms with Crippen molar-refractivity contribution < 1.29 is 13.9 Å². The molecule has 39 heavy (non-hydrogen) atoms. The van der Waals surface area contributed by atoms with Crippen molar-refractivity contribution in [2.75, 3.05) is 50.1 Å². The highest BCUT2D eigenvalue weighted by Crippen LogP contribution is 2.28. The van der Waals surface area contributed by atoms with Crippen molar-refractivity contribution in [1.82, 2.24) is 14.9 Å². The summed E-state index contributed by atoms with van der Waals surface area (Å²) >= 11 is 0. The fraction of sp³-hybridized carbons (Fsp3) is 0.433. The van der Waals surface area contributed by atoms with E-state index in [9.17, 15) is 4.79 Å². The summed E-state index contributed by atoms with van der Waals surface area (Å²) < 4.78 is 18.0. The van der Waals surface area contributed by atoms with E-state index in [1.165, 1.54) is 18.1 Å². The maximum absolute atomic E-state index is 11.7. The number of fused-ring (bicyclic) bond motifs is 1. The molecule has 1 saturated heterocycles. The number of nitrogens with one attached hydrogen (secondary N) is 1. The molecule has 5 rings (SSSR count). The highest BCUT2D eigenvalue weighted by Gasteiger charge is 2.34. The molecule has 4 heterocycles. The van der Waals surface area contributed by atoms with E-state index < -0.39 is 5.60 Å². The van der Waals surface area contributed by atoms with Gasteiger partial charge in [-0.2, -0.15) is 0 Å². The van der Waals surface area contributed by atoms with Crippen LogP contribution in [0.15, 0.2) is 58.0 Å². The number of rotatable bonds is 5. The average molecular weight is 532 g/mol. The van der Waals surface area contributed by atoms with E-state index >= 15 is 0 Å². The zero-order valence-electron chi connectivity index (χ0n) is 23.1. The van der Waals surface area contributed by atoms with Gasteiger partial charge in [-0.05, 0) is 69.6 Å². The summed E-state index contributed by atoms with van der Waals surface area (Å²) in [5, 5.41) is 4.24. The van der Waals surface area contributed by atoms with Crippen LogP contribution < -0.4 is 31.2 Å². The third-order valence-corrected chi connectivity index (χ3v) is 7.36. The first kappa shape index (κ1) is 26.9. The predicted octanol–water partition coefficient (Wildman–Crippen LogP) is 2.77. The smallest absolute Gasteiger partial charge is 0.336 e. The number of hydrogen-bond acceptors (Lipinski definition) is 9. The normalized spacial score (nSPS) is 23.4. The van der Waals surface area contributed by atoms with Crippen molar-refractivity contribution in [2.45, 2.75) is 38.9 Å². The molecular formula is C30H37N5O4. The van der Waals surface area contributed by atoms with Gasteiger partial charge < -0.3 is 29.0 Å². The average Bonchev–Trinajstić information content (AvgIpc) is 2.90. The fourth-order valence-corrected chi connectivity index (χ4v) is 4.94. The molecule has 0 amide bonds. The Labute approximate surface area is 228 Å². The maximum atomic E-state index is 11.7. The molecule has 3 aromatic rings. The second kappa shape index (κ2) is 11.6. The summed E-state index contributed by atoms with van der Waals surface area (Å²) in [6, 6.07) is 13.5. The summed E-state index contributed by atoms with van der Waals surface area (Å²) in [5.41, 5.74) is 1.72. The molecule has 0 spiro atoms. The third kappa shape index (κ3) is 6.85. The van der Waals surface area contributed by atoms with Crippen molar-refractivity contribution in [2.24, 2.45) is 5.92 Å². The van der Waals surface area contributed by atoms with E-state index in [-0.39, 0.29) is 24.3 Å². The zero-order chi connectivity index (χ0) is 27.4. The fourth-order valence-electron chi connectivity index (χ4n) is 4.94. The van der Waals surface area contributed by atoms with E-state index in [1.807, 2.05) is 19.9 Å². The Morgan fingerprint density at radius 1 is 1.05 bits per heavy atom. The van der Waals surface area contributed by atoms with Gasteiger partial charge in [0.25, 0.3) is 0 Å². The third-order valence-electron chi connectivity index (χ3n) is 7.36. The number of nitrogens with zero attached hydrogens (tertiary/aromatic N) is 4. The Morgan fingerprint density at radius 3 is 2.59 bits per heavy atom. The van der Waals surface area contributed by atoms with E-state index in [1.54, 1.807) is 12.1 Å². The van der Waals surface area contributed by atoms with Gasteiger partial charge in [-0.25, -0.2) is 14.8 Å². The second-order valence-electron chi connectivity index (χ2n) is 10.9. The van der Waals surface area contributed by atoms with E-state index in [0.29, 0.717) is 23.5 Å². The van der Waals surface area contributed by atoms with Crippen molar-refractivity contribution in [3.63, 3.8) is 0 Å². The molecule has 9 nitrogen and oxygen atoms in total. The lowest BCUT2D eigenvalue weighted by molar-refractivity contribution is -0.0836. The van der Waals surface area contributed by atoms with Crippen LogP contribution in [0.3, 0.4) is 0 Å². The van der Waals surface area contributed by atoms with Gasteiger partial charge in [-0.15, -0.1) is 0 Å². The van der Waals surface area contributed by atoms with E-state index in [0.717, 1.165) is 37.1 Å². The molecule has 206 valence electrons. The second-order valence-corrected chi connectivity index (χ2v) is 10.9. The Morgan fingerprint density at radius 2 is 1.82 bits per heavy atom. The van der Waals surface area contributed by atoms with Crippen molar-refractivity contribution in [3.8, 4) is 5.88 Å². The number of likely N-dealkylation sites (N-methyl/N-ethyl adjacent to an activating group) is 1. The monoisotopic (exact) mass is 531 g/mol. The number of hydrogen-bond donors (Lipinski definition) is 1. The molecular weight excluding hydrogens is 494 g/mol. The Balaban J connectivity index is 1.29. The molecule has 0 radical (unpaired) electrons. The van der Waals surface area contributed by atoms with Crippen LogP contribution in [-0.4, -0.2) is 66.4 Å². The minimum absolute atomic E-state index is 0.133. The van der Waals surface area contributed by atoms with Crippen molar-refractivity contribution >= 4 is 29.3 Å². The molecule has 1 N–H and O–H groups in total. The molecule has 2 aromatic heterocycles. The molecule has 2 aliphatic heterocycles. The lowest BCUT2D eigenvalue weighted by atomic mass is 9.91. The van der Waals surface area contributed by atoms with Gasteiger partial charge in [0.15, 0.2) is 0 Å². The standard InChI is InChI=1S/C30H37N5O4/c1-21-17-22-5-10-29(36)38-25(22)11-16-37-30(2,3)26(18-21)39-28-19-27(31-20-32-28)33-23-6-8-24(9-7-23)35-14-12-34(4)13-15-35/h5-11,17,19-21,26H,12-16,18H2,1-4H3,(H,31,32,33)/b22-17-,25-11+. The topological polar surface area (TPSA) is 93.0 Å². The van der Waals surface area contributed by atoms with Crippen LogP contribution in [0, 0.1) is 5.92 Å². The molecule has 0 saturated carbocycles. The Kier molecular flexibility index (Phi) is 7.99. The summed E-state index contributed by atoms with van der Waals surface area (Å²) in [5.74, 6) is 1.26. The van der Waals surface area contributed by atoms with Crippen LogP contribution in [-0.2, 0) is 4.74 Å². The molecule has 2 atom stereocenters. The number of aromatic nitrogens is 2. The van der Waals surface area contributed by atoms with Crippen LogP contribution in [0.5, 0.6) is 5.88 Å². The lowest BCUT2D eigenvalue weighted by Crippen LogP contribution is -2.45.